The largest absolute Gasteiger partial charge is 0.463 e. The lowest BCUT2D eigenvalue weighted by Gasteiger charge is -2.23. The Morgan fingerprint density at radius 2 is 1.75 bits per heavy atom. The fourth-order valence-electron chi connectivity index (χ4n) is 3.29. The third-order valence-corrected chi connectivity index (χ3v) is 4.35. The number of aromatic amines is 1. The Hall–Kier alpha value is -3.81. The average molecular weight is 451 g/mol. The maximum Gasteiger partial charge on any atom is 0.303 e. The molecule has 0 radical (unpaired) electrons. The van der Waals surface area contributed by atoms with E-state index in [9.17, 15) is 24.0 Å². The minimum atomic E-state index is -1.19. The summed E-state index contributed by atoms with van der Waals surface area (Å²) in [4.78, 5) is 69.1. The highest BCUT2D eigenvalue weighted by Crippen LogP contribution is 2.35. The standard InChI is InChI=1S/C18H21N5O9/c1-7(24)20-18-21-15-12(16(28)22-18)23(6-19-15)17-14(31-10(4)27)13(30-9(3)26)11(32-17)5-29-8(2)25/h6,11,13-14,17H,5H2,1-4H3,(H2,20,21,22,24,28)/t11-,13+,14-,17-/m1/s1. The lowest BCUT2D eigenvalue weighted by molar-refractivity contribution is -0.166. The molecule has 0 spiro atoms. The lowest BCUT2D eigenvalue weighted by atomic mass is 10.1. The van der Waals surface area contributed by atoms with Gasteiger partial charge in [-0.15, -0.1) is 0 Å². The van der Waals surface area contributed by atoms with Gasteiger partial charge in [-0.1, -0.05) is 0 Å². The number of hydrogen-bond donors (Lipinski definition) is 2. The minimum Gasteiger partial charge on any atom is -0.463 e. The number of esters is 3. The van der Waals surface area contributed by atoms with E-state index in [1.165, 1.54) is 24.7 Å². The highest BCUT2D eigenvalue weighted by Gasteiger charge is 2.51. The first-order valence-electron chi connectivity index (χ1n) is 9.44. The Morgan fingerprint density at radius 1 is 1.09 bits per heavy atom. The van der Waals surface area contributed by atoms with Gasteiger partial charge >= 0.3 is 17.9 Å². The summed E-state index contributed by atoms with van der Waals surface area (Å²) in [5.41, 5.74) is -0.722. The van der Waals surface area contributed by atoms with E-state index >= 15 is 0 Å². The van der Waals surface area contributed by atoms with Crippen LogP contribution in [0.4, 0.5) is 5.95 Å². The first kappa shape index (κ1) is 22.9. The van der Waals surface area contributed by atoms with Crippen molar-refractivity contribution in [2.24, 2.45) is 0 Å². The van der Waals surface area contributed by atoms with Crippen LogP contribution in [0.1, 0.15) is 33.9 Å². The molecule has 3 heterocycles. The Labute approximate surface area is 180 Å². The van der Waals surface area contributed by atoms with Crippen LogP contribution in [0.5, 0.6) is 0 Å². The van der Waals surface area contributed by atoms with Gasteiger partial charge in [-0.3, -0.25) is 38.8 Å². The zero-order valence-electron chi connectivity index (χ0n) is 17.6. The number of carbonyl (C=O) groups excluding carboxylic acids is 4. The van der Waals surface area contributed by atoms with Crippen molar-refractivity contribution < 1.29 is 38.1 Å². The normalized spacial score (nSPS) is 22.4. The fraction of sp³-hybridized carbons (Fsp3) is 0.500. The van der Waals surface area contributed by atoms with Crippen LogP contribution in [0.25, 0.3) is 11.2 Å². The molecule has 1 saturated heterocycles. The van der Waals surface area contributed by atoms with Crippen LogP contribution in [0.15, 0.2) is 11.1 Å². The maximum absolute atomic E-state index is 12.7. The molecule has 1 fully saturated rings. The smallest absolute Gasteiger partial charge is 0.303 e. The molecule has 0 aliphatic carbocycles. The minimum absolute atomic E-state index is 0.0184. The summed E-state index contributed by atoms with van der Waals surface area (Å²) in [5, 5.41) is 2.35. The number of nitrogens with one attached hydrogen (secondary N) is 2. The highest BCUT2D eigenvalue weighted by molar-refractivity contribution is 5.87. The summed E-state index contributed by atoms with van der Waals surface area (Å²) >= 11 is 0. The van der Waals surface area contributed by atoms with E-state index in [1.54, 1.807) is 0 Å². The molecular weight excluding hydrogens is 430 g/mol. The van der Waals surface area contributed by atoms with Gasteiger partial charge in [0.25, 0.3) is 5.56 Å². The Bertz CT molecular complexity index is 1120. The number of H-pyrrole nitrogens is 1. The third-order valence-electron chi connectivity index (χ3n) is 4.35. The Balaban J connectivity index is 2.05. The summed E-state index contributed by atoms with van der Waals surface area (Å²) in [6.45, 7) is 4.46. The number of anilines is 1. The van der Waals surface area contributed by atoms with Gasteiger partial charge in [0.05, 0.1) is 0 Å². The molecule has 1 amide bonds. The van der Waals surface area contributed by atoms with E-state index in [0.29, 0.717) is 0 Å². The molecule has 0 bridgehead atoms. The van der Waals surface area contributed by atoms with Gasteiger partial charge in [0.1, 0.15) is 19.0 Å². The predicted octanol–water partition coefficient (Wildman–Crippen LogP) is -0.598. The molecule has 0 saturated carbocycles. The number of ether oxygens (including phenoxy) is 4. The zero-order chi connectivity index (χ0) is 23.6. The molecular formula is C18H21N5O9. The Kier molecular flexibility index (Phi) is 6.53. The van der Waals surface area contributed by atoms with Crippen molar-refractivity contribution in [1.82, 2.24) is 19.5 Å². The Morgan fingerprint density at radius 3 is 2.34 bits per heavy atom. The second-order valence-corrected chi connectivity index (χ2v) is 6.94. The van der Waals surface area contributed by atoms with Gasteiger partial charge in [-0.25, -0.2) is 4.98 Å². The lowest BCUT2D eigenvalue weighted by Crippen LogP contribution is -2.40. The van der Waals surface area contributed by atoms with Crippen molar-refractivity contribution in [2.45, 2.75) is 52.2 Å². The van der Waals surface area contributed by atoms with Gasteiger partial charge < -0.3 is 18.9 Å². The zero-order valence-corrected chi connectivity index (χ0v) is 17.6. The number of carbonyl (C=O) groups is 4. The SMILES string of the molecule is CC(=O)Nc1nc2ncn([C@@H]3O[C@H](COC(C)=O)[C@H](OC(C)=O)[C@H]3OC(C)=O)c2c(=O)[nH]1. The van der Waals surface area contributed by atoms with Crippen LogP contribution in [0, 0.1) is 0 Å². The number of hydrogen-bond acceptors (Lipinski definition) is 11. The maximum atomic E-state index is 12.7. The predicted molar refractivity (Wildman–Crippen MR) is 104 cm³/mol. The number of nitrogens with zero attached hydrogens (tertiary/aromatic N) is 3. The molecule has 1 aliphatic rings. The number of fused-ring (bicyclic) bond motifs is 1. The summed E-state index contributed by atoms with van der Waals surface area (Å²) in [7, 11) is 0. The quantitative estimate of drug-likeness (QED) is 0.423. The summed E-state index contributed by atoms with van der Waals surface area (Å²) < 4.78 is 22.8. The van der Waals surface area contributed by atoms with E-state index in [4.69, 9.17) is 18.9 Å². The molecule has 14 heteroatoms. The van der Waals surface area contributed by atoms with Gasteiger partial charge in [0.15, 0.2) is 29.6 Å². The van der Waals surface area contributed by atoms with Crippen LogP contribution < -0.4 is 10.9 Å². The van der Waals surface area contributed by atoms with Crippen LogP contribution in [0.2, 0.25) is 0 Å². The first-order chi connectivity index (χ1) is 15.1. The topological polar surface area (TPSA) is 181 Å². The molecule has 3 rings (SSSR count). The van der Waals surface area contributed by atoms with E-state index in [0.717, 1.165) is 13.8 Å². The molecule has 0 aromatic carbocycles. The van der Waals surface area contributed by atoms with Gasteiger partial charge in [0, 0.05) is 27.7 Å². The highest BCUT2D eigenvalue weighted by atomic mass is 16.7. The molecule has 4 atom stereocenters. The van der Waals surface area contributed by atoms with Crippen molar-refractivity contribution in [3.63, 3.8) is 0 Å². The van der Waals surface area contributed by atoms with Crippen molar-refractivity contribution in [2.75, 3.05) is 11.9 Å². The van der Waals surface area contributed by atoms with E-state index in [2.05, 4.69) is 20.3 Å². The number of aromatic nitrogens is 4. The number of rotatable bonds is 6. The fourth-order valence-corrected chi connectivity index (χ4v) is 3.29. The van der Waals surface area contributed by atoms with Gasteiger partial charge in [-0.2, -0.15) is 4.98 Å². The van der Waals surface area contributed by atoms with E-state index in [1.807, 2.05) is 0 Å². The summed E-state index contributed by atoms with van der Waals surface area (Å²) in [6, 6.07) is 0. The van der Waals surface area contributed by atoms with Crippen molar-refractivity contribution in [3.8, 4) is 0 Å². The average Bonchev–Trinajstić information content (AvgIpc) is 3.21. The number of imidazole rings is 1. The van der Waals surface area contributed by atoms with Crippen LogP contribution >= 0.6 is 0 Å². The van der Waals surface area contributed by atoms with E-state index in [-0.39, 0.29) is 23.7 Å². The van der Waals surface area contributed by atoms with Crippen molar-refractivity contribution >= 4 is 40.9 Å². The van der Waals surface area contributed by atoms with Gasteiger partial charge in [-0.05, 0) is 0 Å². The molecule has 14 nitrogen and oxygen atoms in total. The first-order valence-corrected chi connectivity index (χ1v) is 9.44. The van der Waals surface area contributed by atoms with E-state index < -0.39 is 53.9 Å². The van der Waals surface area contributed by atoms with Crippen LogP contribution in [-0.4, -0.2) is 68.3 Å². The van der Waals surface area contributed by atoms with Crippen LogP contribution in [-0.2, 0) is 38.1 Å². The molecule has 1 aliphatic heterocycles. The van der Waals surface area contributed by atoms with Crippen LogP contribution in [0.3, 0.4) is 0 Å². The molecule has 2 N–H and O–H groups in total. The van der Waals surface area contributed by atoms with Crippen molar-refractivity contribution in [1.29, 1.82) is 0 Å². The molecule has 2 aromatic heterocycles. The third kappa shape index (κ3) is 4.91. The van der Waals surface area contributed by atoms with Gasteiger partial charge in [0.2, 0.25) is 11.9 Å². The molecule has 32 heavy (non-hydrogen) atoms. The molecule has 172 valence electrons. The summed E-state index contributed by atoms with van der Waals surface area (Å²) in [5.74, 6) is -2.52. The monoisotopic (exact) mass is 451 g/mol. The summed E-state index contributed by atoms with van der Waals surface area (Å²) in [6.07, 6.45) is -3.26. The second kappa shape index (κ2) is 9.13. The molecule has 0 unspecified atom stereocenters. The molecule has 2 aromatic rings. The number of amides is 1. The van der Waals surface area contributed by atoms with Crippen molar-refractivity contribution in [3.05, 3.63) is 16.7 Å². The second-order valence-electron chi connectivity index (χ2n) is 6.94.